The van der Waals surface area contributed by atoms with Crippen LogP contribution in [0.25, 0.3) is 11.1 Å². The van der Waals surface area contributed by atoms with Crippen molar-refractivity contribution in [3.63, 3.8) is 0 Å². The number of para-hydroxylation sites is 1. The molecule has 3 rings (SSSR count). The van der Waals surface area contributed by atoms with E-state index in [0.29, 0.717) is 0 Å². The minimum absolute atomic E-state index is 0.00498. The number of rotatable bonds is 5. The van der Waals surface area contributed by atoms with E-state index in [4.69, 9.17) is 0 Å². The molecule has 132 valence electrons. The van der Waals surface area contributed by atoms with Gasteiger partial charge < -0.3 is 10.4 Å². The van der Waals surface area contributed by atoms with E-state index in [2.05, 4.69) is 10.2 Å². The normalized spacial score (nSPS) is 20.2. The van der Waals surface area contributed by atoms with E-state index in [1.54, 1.807) is 0 Å². The molecule has 2 aromatic carbocycles. The first-order chi connectivity index (χ1) is 12.1. The third-order valence-electron chi connectivity index (χ3n) is 5.14. The number of aliphatic hydroxyl groups excluding tert-OH is 1. The van der Waals surface area contributed by atoms with Gasteiger partial charge >= 0.3 is 0 Å². The number of nitrogens with zero attached hydrogens (tertiary/aromatic N) is 1. The lowest BCUT2D eigenvalue weighted by Gasteiger charge is -2.24. The highest BCUT2D eigenvalue weighted by Crippen LogP contribution is 2.28. The van der Waals surface area contributed by atoms with Crippen LogP contribution in [0.3, 0.4) is 0 Å². The number of carbonyl (C=O) groups is 1. The molecule has 1 saturated heterocycles. The summed E-state index contributed by atoms with van der Waals surface area (Å²) in [6, 6.07) is 17.7. The zero-order chi connectivity index (χ0) is 17.8. The predicted molar refractivity (Wildman–Crippen MR) is 101 cm³/mol. The highest BCUT2D eigenvalue weighted by Gasteiger charge is 2.31. The molecule has 3 unspecified atom stereocenters. The smallest absolute Gasteiger partial charge is 0.241 e. The van der Waals surface area contributed by atoms with Crippen molar-refractivity contribution in [3.05, 3.63) is 54.6 Å². The van der Waals surface area contributed by atoms with Gasteiger partial charge in [0.15, 0.2) is 0 Å². The number of anilines is 1. The topological polar surface area (TPSA) is 52.6 Å². The van der Waals surface area contributed by atoms with Crippen LogP contribution in [-0.2, 0) is 4.79 Å². The minimum Gasteiger partial charge on any atom is -0.393 e. The fraction of sp³-hybridized carbons (Fsp3) is 0.381. The van der Waals surface area contributed by atoms with Crippen molar-refractivity contribution in [1.82, 2.24) is 4.90 Å². The van der Waals surface area contributed by atoms with Crippen LogP contribution in [0.4, 0.5) is 5.69 Å². The number of hydrogen-bond donors (Lipinski definition) is 2. The molecule has 4 heteroatoms. The largest absolute Gasteiger partial charge is 0.393 e. The summed E-state index contributed by atoms with van der Waals surface area (Å²) in [4.78, 5) is 14.9. The fourth-order valence-electron chi connectivity index (χ4n) is 3.43. The minimum atomic E-state index is -0.320. The number of nitrogens with one attached hydrogen (secondary N) is 1. The second-order valence-electron chi connectivity index (χ2n) is 6.86. The lowest BCUT2D eigenvalue weighted by atomic mass is 10.0. The molecule has 2 aromatic rings. The summed E-state index contributed by atoms with van der Waals surface area (Å²) in [6.07, 6.45) is 0.620. The van der Waals surface area contributed by atoms with Gasteiger partial charge in [0.25, 0.3) is 0 Å². The lowest BCUT2D eigenvalue weighted by Crippen LogP contribution is -2.41. The molecular weight excluding hydrogens is 312 g/mol. The molecule has 0 aliphatic carbocycles. The summed E-state index contributed by atoms with van der Waals surface area (Å²) >= 11 is 0. The van der Waals surface area contributed by atoms with Crippen molar-refractivity contribution >= 4 is 11.6 Å². The Morgan fingerprint density at radius 3 is 2.48 bits per heavy atom. The molecule has 4 nitrogen and oxygen atoms in total. The molecule has 0 bridgehead atoms. The average molecular weight is 338 g/mol. The van der Waals surface area contributed by atoms with Crippen molar-refractivity contribution in [2.24, 2.45) is 5.92 Å². The van der Waals surface area contributed by atoms with Crippen LogP contribution >= 0.6 is 0 Å². The molecule has 2 N–H and O–H groups in total. The molecule has 25 heavy (non-hydrogen) atoms. The second kappa shape index (κ2) is 7.81. The van der Waals surface area contributed by atoms with Crippen molar-refractivity contribution in [3.8, 4) is 11.1 Å². The molecule has 1 amide bonds. The molecule has 0 saturated carbocycles. The van der Waals surface area contributed by atoms with Gasteiger partial charge in [-0.2, -0.15) is 0 Å². The Hall–Kier alpha value is -2.17. The van der Waals surface area contributed by atoms with Gasteiger partial charge in [0.05, 0.1) is 12.1 Å². The summed E-state index contributed by atoms with van der Waals surface area (Å²) in [5.74, 6) is 0.251. The zero-order valence-electron chi connectivity index (χ0n) is 14.9. The van der Waals surface area contributed by atoms with Crippen LogP contribution in [0.5, 0.6) is 0 Å². The second-order valence-corrected chi connectivity index (χ2v) is 6.86. The van der Waals surface area contributed by atoms with Crippen LogP contribution < -0.4 is 5.32 Å². The van der Waals surface area contributed by atoms with Gasteiger partial charge in [0.2, 0.25) is 5.91 Å². The van der Waals surface area contributed by atoms with Crippen LogP contribution in [0, 0.1) is 5.92 Å². The van der Waals surface area contributed by atoms with Gasteiger partial charge in [0.1, 0.15) is 0 Å². The van der Waals surface area contributed by atoms with Crippen molar-refractivity contribution in [1.29, 1.82) is 0 Å². The summed E-state index contributed by atoms with van der Waals surface area (Å²) in [7, 11) is 0. The summed E-state index contributed by atoms with van der Waals surface area (Å²) in [5, 5.41) is 12.8. The number of amides is 1. The van der Waals surface area contributed by atoms with Crippen LogP contribution in [0.1, 0.15) is 20.3 Å². The molecule has 1 aliphatic rings. The van der Waals surface area contributed by atoms with E-state index in [9.17, 15) is 9.90 Å². The quantitative estimate of drug-likeness (QED) is 0.879. The van der Waals surface area contributed by atoms with Crippen LogP contribution in [0.2, 0.25) is 0 Å². The van der Waals surface area contributed by atoms with Crippen LogP contribution in [0.15, 0.2) is 54.6 Å². The number of benzene rings is 2. The molecule has 1 heterocycles. The number of likely N-dealkylation sites (tertiary alicyclic amines) is 1. The van der Waals surface area contributed by atoms with Gasteiger partial charge in [-0.25, -0.2) is 0 Å². The Morgan fingerprint density at radius 1 is 1.12 bits per heavy atom. The molecule has 3 atom stereocenters. The first kappa shape index (κ1) is 17.6. The van der Waals surface area contributed by atoms with Crippen molar-refractivity contribution in [2.75, 3.05) is 18.4 Å². The number of hydrogen-bond acceptors (Lipinski definition) is 3. The van der Waals surface area contributed by atoms with E-state index in [1.165, 1.54) is 0 Å². The van der Waals surface area contributed by atoms with E-state index in [-0.39, 0.29) is 24.0 Å². The number of carbonyl (C=O) groups excluding carboxylic acids is 1. The third kappa shape index (κ3) is 4.09. The summed E-state index contributed by atoms with van der Waals surface area (Å²) < 4.78 is 0. The van der Waals surface area contributed by atoms with Crippen molar-refractivity contribution in [2.45, 2.75) is 32.4 Å². The Bertz CT molecular complexity index is 715. The SMILES string of the molecule is CC(O)C1CCN(C(C)C(=O)Nc2ccccc2-c2ccccc2)C1. The van der Waals surface area contributed by atoms with Gasteiger partial charge in [-0.1, -0.05) is 48.5 Å². The van der Waals surface area contributed by atoms with E-state index < -0.39 is 0 Å². The number of aliphatic hydroxyl groups is 1. The van der Waals surface area contributed by atoms with E-state index >= 15 is 0 Å². The Labute approximate surface area is 149 Å². The molecular formula is C21H26N2O2. The monoisotopic (exact) mass is 338 g/mol. The molecule has 1 aliphatic heterocycles. The van der Waals surface area contributed by atoms with Gasteiger partial charge in [0, 0.05) is 17.8 Å². The Morgan fingerprint density at radius 2 is 1.80 bits per heavy atom. The average Bonchev–Trinajstić information content (AvgIpc) is 3.12. The highest BCUT2D eigenvalue weighted by molar-refractivity contribution is 5.98. The fourth-order valence-corrected chi connectivity index (χ4v) is 3.43. The first-order valence-corrected chi connectivity index (χ1v) is 8.93. The maximum absolute atomic E-state index is 12.7. The lowest BCUT2D eigenvalue weighted by molar-refractivity contribution is -0.120. The van der Waals surface area contributed by atoms with Crippen LogP contribution in [-0.4, -0.2) is 41.1 Å². The van der Waals surface area contributed by atoms with Gasteiger partial charge in [-0.05, 0) is 44.4 Å². The third-order valence-corrected chi connectivity index (χ3v) is 5.14. The van der Waals surface area contributed by atoms with E-state index in [0.717, 1.165) is 36.3 Å². The van der Waals surface area contributed by atoms with Crippen molar-refractivity contribution < 1.29 is 9.90 Å². The van der Waals surface area contributed by atoms with Gasteiger partial charge in [-0.3, -0.25) is 9.69 Å². The molecule has 0 radical (unpaired) electrons. The Balaban J connectivity index is 1.72. The Kier molecular flexibility index (Phi) is 5.51. The molecule has 1 fully saturated rings. The summed E-state index contributed by atoms with van der Waals surface area (Å²) in [5.41, 5.74) is 2.94. The zero-order valence-corrected chi connectivity index (χ0v) is 14.9. The first-order valence-electron chi connectivity index (χ1n) is 8.93. The maximum Gasteiger partial charge on any atom is 0.241 e. The summed E-state index contributed by atoms with van der Waals surface area (Å²) in [6.45, 7) is 5.39. The standard InChI is InChI=1S/C21H26N2O2/c1-15(23-13-12-18(14-23)16(2)24)21(25)22-20-11-7-6-10-19(20)17-8-4-3-5-9-17/h3-11,15-16,18,24H,12-14H2,1-2H3,(H,22,25). The maximum atomic E-state index is 12.7. The highest BCUT2D eigenvalue weighted by atomic mass is 16.3. The predicted octanol–water partition coefficient (Wildman–Crippen LogP) is 3.38. The molecule has 0 aromatic heterocycles. The van der Waals surface area contributed by atoms with Gasteiger partial charge in [-0.15, -0.1) is 0 Å². The molecule has 0 spiro atoms. The van der Waals surface area contributed by atoms with E-state index in [1.807, 2.05) is 68.4 Å².